The Hall–Kier alpha value is -1.88. The lowest BCUT2D eigenvalue weighted by Gasteiger charge is -2.07. The molecule has 1 heterocycles. The minimum atomic E-state index is -0.660. The van der Waals surface area contributed by atoms with Gasteiger partial charge in [0.1, 0.15) is 11.1 Å². The first-order chi connectivity index (χ1) is 8.06. The number of carbonyl (C=O) groups excluding carboxylic acids is 1. The number of carbonyl (C=O) groups is 1. The number of nitrogens with zero attached hydrogens (tertiary/aromatic N) is 1. The second kappa shape index (κ2) is 4.18. The number of rotatable bonds is 1. The predicted octanol–water partition coefficient (Wildman–Crippen LogP) is 2.40. The van der Waals surface area contributed by atoms with Gasteiger partial charge in [0.25, 0.3) is 0 Å². The van der Waals surface area contributed by atoms with Crippen molar-refractivity contribution < 1.29 is 13.9 Å². The molecular formula is C11H8ClFN2O2. The molecule has 2 aromatic rings. The average molecular weight is 255 g/mol. The van der Waals surface area contributed by atoms with Crippen LogP contribution in [0.3, 0.4) is 0 Å². The Morgan fingerprint density at radius 3 is 2.88 bits per heavy atom. The van der Waals surface area contributed by atoms with Gasteiger partial charge in [-0.1, -0.05) is 11.6 Å². The summed E-state index contributed by atoms with van der Waals surface area (Å²) in [5.74, 6) is -1.28. The number of fused-ring (bicyclic) bond motifs is 1. The van der Waals surface area contributed by atoms with Crippen LogP contribution in [-0.2, 0) is 4.74 Å². The predicted molar refractivity (Wildman–Crippen MR) is 62.5 cm³/mol. The van der Waals surface area contributed by atoms with E-state index in [-0.39, 0.29) is 21.8 Å². The maximum atomic E-state index is 13.6. The van der Waals surface area contributed by atoms with Gasteiger partial charge in [0, 0.05) is 11.6 Å². The lowest BCUT2D eigenvalue weighted by Crippen LogP contribution is -2.07. The zero-order valence-electron chi connectivity index (χ0n) is 8.83. The first-order valence-corrected chi connectivity index (χ1v) is 5.04. The second-order valence-corrected chi connectivity index (χ2v) is 3.74. The van der Waals surface area contributed by atoms with Crippen molar-refractivity contribution in [2.45, 2.75) is 0 Å². The summed E-state index contributed by atoms with van der Waals surface area (Å²) in [6.07, 6.45) is 1.17. The van der Waals surface area contributed by atoms with E-state index in [1.54, 1.807) is 0 Å². The van der Waals surface area contributed by atoms with Gasteiger partial charge in [-0.3, -0.25) is 4.98 Å². The van der Waals surface area contributed by atoms with E-state index < -0.39 is 11.8 Å². The third-order valence-corrected chi connectivity index (χ3v) is 2.67. The van der Waals surface area contributed by atoms with E-state index in [0.29, 0.717) is 5.39 Å². The van der Waals surface area contributed by atoms with Crippen LogP contribution in [0.2, 0.25) is 5.02 Å². The van der Waals surface area contributed by atoms with Gasteiger partial charge >= 0.3 is 5.97 Å². The molecule has 17 heavy (non-hydrogen) atoms. The number of ether oxygens (including phenoxy) is 1. The van der Waals surface area contributed by atoms with Gasteiger partial charge in [0.15, 0.2) is 5.82 Å². The lowest BCUT2D eigenvalue weighted by atomic mass is 10.1. The van der Waals surface area contributed by atoms with Crippen molar-refractivity contribution in [3.63, 3.8) is 0 Å². The van der Waals surface area contributed by atoms with Crippen molar-refractivity contribution in [2.75, 3.05) is 12.8 Å². The molecular weight excluding hydrogens is 247 g/mol. The highest BCUT2D eigenvalue weighted by Gasteiger charge is 2.16. The number of esters is 1. The third-order valence-electron chi connectivity index (χ3n) is 2.38. The van der Waals surface area contributed by atoms with Crippen molar-refractivity contribution in [2.24, 2.45) is 0 Å². The number of nitrogens with two attached hydrogens (primary N) is 1. The van der Waals surface area contributed by atoms with Gasteiger partial charge in [0.05, 0.1) is 17.8 Å². The summed E-state index contributed by atoms with van der Waals surface area (Å²) < 4.78 is 18.2. The SMILES string of the molecule is COC(=O)c1cnc2c(F)c(Cl)ccc2c1N. The fourth-order valence-electron chi connectivity index (χ4n) is 1.50. The first-order valence-electron chi connectivity index (χ1n) is 4.66. The third kappa shape index (κ3) is 1.78. The molecule has 0 bridgehead atoms. The second-order valence-electron chi connectivity index (χ2n) is 3.33. The van der Waals surface area contributed by atoms with Crippen LogP contribution in [0.5, 0.6) is 0 Å². The van der Waals surface area contributed by atoms with Crippen LogP contribution < -0.4 is 5.73 Å². The Morgan fingerprint density at radius 2 is 2.24 bits per heavy atom. The topological polar surface area (TPSA) is 65.2 Å². The zero-order chi connectivity index (χ0) is 12.6. The molecule has 1 aromatic carbocycles. The molecule has 0 aliphatic carbocycles. The Labute approximate surface area is 101 Å². The lowest BCUT2D eigenvalue weighted by molar-refractivity contribution is 0.0601. The first kappa shape index (κ1) is 11.6. The van der Waals surface area contributed by atoms with Crippen molar-refractivity contribution in [3.8, 4) is 0 Å². The van der Waals surface area contributed by atoms with Gasteiger partial charge in [-0.15, -0.1) is 0 Å². The van der Waals surface area contributed by atoms with Gasteiger partial charge in [0.2, 0.25) is 0 Å². The Kier molecular flexibility index (Phi) is 2.85. The number of halogens is 2. The van der Waals surface area contributed by atoms with E-state index in [4.69, 9.17) is 17.3 Å². The van der Waals surface area contributed by atoms with E-state index >= 15 is 0 Å². The van der Waals surface area contributed by atoms with Crippen LogP contribution in [0.4, 0.5) is 10.1 Å². The molecule has 0 spiro atoms. The summed E-state index contributed by atoms with van der Waals surface area (Å²) in [4.78, 5) is 15.2. The van der Waals surface area contributed by atoms with Gasteiger partial charge in [-0.25, -0.2) is 9.18 Å². The minimum absolute atomic E-state index is 0.0302. The number of hydrogen-bond acceptors (Lipinski definition) is 4. The number of methoxy groups -OCH3 is 1. The van der Waals surface area contributed by atoms with Crippen LogP contribution >= 0.6 is 11.6 Å². The van der Waals surface area contributed by atoms with E-state index in [0.717, 1.165) is 0 Å². The highest BCUT2D eigenvalue weighted by Crippen LogP contribution is 2.28. The summed E-state index contributed by atoms with van der Waals surface area (Å²) in [7, 11) is 1.23. The summed E-state index contributed by atoms with van der Waals surface area (Å²) in [5.41, 5.74) is 6.02. The molecule has 1 aromatic heterocycles. The number of nitrogen functional groups attached to an aromatic ring is 1. The van der Waals surface area contributed by atoms with Crippen molar-refractivity contribution in [3.05, 3.63) is 34.7 Å². The van der Waals surface area contributed by atoms with Crippen LogP contribution in [0.25, 0.3) is 10.9 Å². The van der Waals surface area contributed by atoms with Crippen LogP contribution in [0.1, 0.15) is 10.4 Å². The van der Waals surface area contributed by atoms with Crippen molar-refractivity contribution >= 4 is 34.2 Å². The molecule has 6 heteroatoms. The van der Waals surface area contributed by atoms with Crippen molar-refractivity contribution in [1.29, 1.82) is 0 Å². The molecule has 0 radical (unpaired) electrons. The average Bonchev–Trinajstić information content (AvgIpc) is 2.33. The minimum Gasteiger partial charge on any atom is -0.465 e. The number of anilines is 1. The fraction of sp³-hybridized carbons (Fsp3) is 0.0909. The monoisotopic (exact) mass is 254 g/mol. The van der Waals surface area contributed by atoms with Crippen LogP contribution in [0.15, 0.2) is 18.3 Å². The van der Waals surface area contributed by atoms with E-state index in [2.05, 4.69) is 9.72 Å². The maximum Gasteiger partial charge on any atom is 0.341 e. The van der Waals surface area contributed by atoms with E-state index in [9.17, 15) is 9.18 Å². The molecule has 0 aliphatic rings. The largest absolute Gasteiger partial charge is 0.465 e. The summed E-state index contributed by atoms with van der Waals surface area (Å²) in [5, 5.41) is 0.282. The number of aromatic nitrogens is 1. The molecule has 0 saturated carbocycles. The molecule has 0 atom stereocenters. The fourth-order valence-corrected chi connectivity index (χ4v) is 1.65. The van der Waals surface area contributed by atoms with E-state index in [1.165, 1.54) is 25.4 Å². The molecule has 0 fully saturated rings. The summed E-state index contributed by atoms with van der Waals surface area (Å²) in [6, 6.07) is 2.87. The Morgan fingerprint density at radius 1 is 1.53 bits per heavy atom. The molecule has 4 nitrogen and oxygen atoms in total. The molecule has 2 rings (SSSR count). The Balaban J connectivity index is 2.77. The standard InChI is InChI=1S/C11H8ClFN2O2/c1-17-11(16)6-4-15-10-5(9(6)14)2-3-7(12)8(10)13/h2-4H,1H3,(H2,14,15). The number of benzene rings is 1. The van der Waals surface area contributed by atoms with Gasteiger partial charge in [-0.2, -0.15) is 0 Å². The highest BCUT2D eigenvalue weighted by atomic mass is 35.5. The number of pyridine rings is 1. The van der Waals surface area contributed by atoms with Crippen LogP contribution in [-0.4, -0.2) is 18.1 Å². The van der Waals surface area contributed by atoms with Gasteiger partial charge in [-0.05, 0) is 12.1 Å². The molecule has 0 aliphatic heterocycles. The maximum absolute atomic E-state index is 13.6. The molecule has 0 saturated heterocycles. The Bertz CT molecular complexity index is 616. The molecule has 88 valence electrons. The normalized spacial score (nSPS) is 10.5. The molecule has 0 unspecified atom stereocenters. The van der Waals surface area contributed by atoms with Crippen LogP contribution in [0, 0.1) is 5.82 Å². The highest BCUT2D eigenvalue weighted by molar-refractivity contribution is 6.31. The molecule has 2 N–H and O–H groups in total. The van der Waals surface area contributed by atoms with Gasteiger partial charge < -0.3 is 10.5 Å². The summed E-state index contributed by atoms with van der Waals surface area (Å²) in [6.45, 7) is 0. The van der Waals surface area contributed by atoms with Crippen molar-refractivity contribution in [1.82, 2.24) is 4.98 Å². The molecule has 0 amide bonds. The summed E-state index contributed by atoms with van der Waals surface area (Å²) >= 11 is 5.62. The quantitative estimate of drug-likeness (QED) is 0.794. The zero-order valence-corrected chi connectivity index (χ0v) is 9.58. The smallest absolute Gasteiger partial charge is 0.341 e. The van der Waals surface area contributed by atoms with E-state index in [1.807, 2.05) is 0 Å². The number of hydrogen-bond donors (Lipinski definition) is 1.